The fourth-order valence-electron chi connectivity index (χ4n) is 3.15. The minimum absolute atomic E-state index is 0.00619. The third-order valence-electron chi connectivity index (χ3n) is 4.40. The van der Waals surface area contributed by atoms with Gasteiger partial charge in [-0.1, -0.05) is 18.2 Å². The molecule has 2 aromatic heterocycles. The van der Waals surface area contributed by atoms with E-state index in [1.807, 2.05) is 75.9 Å². The lowest BCUT2D eigenvalue weighted by atomic mass is 10.2. The molecule has 4 rings (SSSR count). The Balaban J connectivity index is 1.86. The second-order valence-electron chi connectivity index (χ2n) is 6.03. The maximum absolute atomic E-state index is 13.2. The number of aryl methyl sites for hydroxylation is 1. The van der Waals surface area contributed by atoms with E-state index in [9.17, 15) is 4.79 Å². The topological polar surface area (TPSA) is 52.3 Å². The first kappa shape index (κ1) is 15.7. The summed E-state index contributed by atoms with van der Waals surface area (Å²) in [5, 5.41) is 4.67. The minimum atomic E-state index is 0.00619. The van der Waals surface area contributed by atoms with E-state index in [1.165, 1.54) is 0 Å². The first-order valence-corrected chi connectivity index (χ1v) is 8.41. The largest absolute Gasteiger partial charge is 0.378 e. The molecule has 0 atom stereocenters. The number of carbonyl (C=O) groups is 1. The second-order valence-corrected chi connectivity index (χ2v) is 6.03. The average molecular weight is 336 g/mol. The Morgan fingerprint density at radius 1 is 1.04 bits per heavy atom. The SMILES string of the molecule is Cc1nn(-c2ccccc2)c(-n2cccc2)c1C(=O)N1CCOCC1. The summed E-state index contributed by atoms with van der Waals surface area (Å²) in [6.45, 7) is 4.27. The van der Waals surface area contributed by atoms with Gasteiger partial charge in [0, 0.05) is 25.5 Å². The summed E-state index contributed by atoms with van der Waals surface area (Å²) < 4.78 is 9.15. The molecule has 25 heavy (non-hydrogen) atoms. The van der Waals surface area contributed by atoms with Crippen LogP contribution in [0.5, 0.6) is 0 Å². The van der Waals surface area contributed by atoms with Crippen molar-refractivity contribution >= 4 is 5.91 Å². The van der Waals surface area contributed by atoms with Crippen molar-refractivity contribution in [1.29, 1.82) is 0 Å². The summed E-state index contributed by atoms with van der Waals surface area (Å²) in [5.74, 6) is 0.775. The van der Waals surface area contributed by atoms with Crippen LogP contribution >= 0.6 is 0 Å². The highest BCUT2D eigenvalue weighted by molar-refractivity contribution is 5.98. The number of carbonyl (C=O) groups excluding carboxylic acids is 1. The van der Waals surface area contributed by atoms with Crippen molar-refractivity contribution in [2.45, 2.75) is 6.92 Å². The van der Waals surface area contributed by atoms with Gasteiger partial charge >= 0.3 is 0 Å². The van der Waals surface area contributed by atoms with Crippen LogP contribution in [0.25, 0.3) is 11.5 Å². The fraction of sp³-hybridized carbons (Fsp3) is 0.263. The number of para-hydroxylation sites is 1. The van der Waals surface area contributed by atoms with Crippen LogP contribution in [0, 0.1) is 6.92 Å². The van der Waals surface area contributed by atoms with Gasteiger partial charge in [-0.05, 0) is 31.2 Å². The van der Waals surface area contributed by atoms with Crippen molar-refractivity contribution in [2.75, 3.05) is 26.3 Å². The third kappa shape index (κ3) is 2.85. The molecule has 0 spiro atoms. The Morgan fingerprint density at radius 2 is 1.72 bits per heavy atom. The molecule has 1 aliphatic rings. The van der Waals surface area contributed by atoms with Crippen LogP contribution < -0.4 is 0 Å². The average Bonchev–Trinajstić information content (AvgIpc) is 3.30. The van der Waals surface area contributed by atoms with E-state index in [0.717, 1.165) is 17.2 Å². The molecule has 3 heterocycles. The predicted molar refractivity (Wildman–Crippen MR) is 94.4 cm³/mol. The normalized spacial score (nSPS) is 14.7. The highest BCUT2D eigenvalue weighted by Crippen LogP contribution is 2.24. The number of aromatic nitrogens is 3. The smallest absolute Gasteiger partial charge is 0.259 e. The molecule has 0 saturated carbocycles. The molecule has 1 fully saturated rings. The fourth-order valence-corrected chi connectivity index (χ4v) is 3.15. The van der Waals surface area contributed by atoms with Crippen LogP contribution in [-0.2, 0) is 4.74 Å². The first-order valence-electron chi connectivity index (χ1n) is 8.41. The number of morpholine rings is 1. The number of nitrogens with zero attached hydrogens (tertiary/aromatic N) is 4. The van der Waals surface area contributed by atoms with Crippen molar-refractivity contribution in [1.82, 2.24) is 19.2 Å². The monoisotopic (exact) mass is 336 g/mol. The van der Waals surface area contributed by atoms with E-state index in [1.54, 1.807) is 0 Å². The van der Waals surface area contributed by atoms with Gasteiger partial charge in [0.15, 0.2) is 5.82 Å². The summed E-state index contributed by atoms with van der Waals surface area (Å²) in [7, 11) is 0. The van der Waals surface area contributed by atoms with Gasteiger partial charge in [-0.25, -0.2) is 4.68 Å². The lowest BCUT2D eigenvalue weighted by Crippen LogP contribution is -2.41. The van der Waals surface area contributed by atoms with Crippen LogP contribution in [0.4, 0.5) is 0 Å². The van der Waals surface area contributed by atoms with Gasteiger partial charge in [0.1, 0.15) is 5.56 Å². The van der Waals surface area contributed by atoms with Crippen LogP contribution in [0.15, 0.2) is 54.9 Å². The molecular weight excluding hydrogens is 316 g/mol. The quantitative estimate of drug-likeness (QED) is 0.738. The number of ether oxygens (including phenoxy) is 1. The van der Waals surface area contributed by atoms with E-state index < -0.39 is 0 Å². The highest BCUT2D eigenvalue weighted by Gasteiger charge is 2.28. The Kier molecular flexibility index (Phi) is 4.11. The summed E-state index contributed by atoms with van der Waals surface area (Å²) in [4.78, 5) is 15.0. The van der Waals surface area contributed by atoms with Crippen LogP contribution in [0.3, 0.4) is 0 Å². The van der Waals surface area contributed by atoms with Gasteiger partial charge in [0.05, 0.1) is 24.6 Å². The third-order valence-corrected chi connectivity index (χ3v) is 4.40. The summed E-state index contributed by atoms with van der Waals surface area (Å²) in [6.07, 6.45) is 3.87. The minimum Gasteiger partial charge on any atom is -0.378 e. The summed E-state index contributed by atoms with van der Waals surface area (Å²) in [6, 6.07) is 13.8. The molecule has 0 unspecified atom stereocenters. The zero-order chi connectivity index (χ0) is 17.2. The van der Waals surface area contributed by atoms with Gasteiger partial charge in [0.2, 0.25) is 0 Å². The van der Waals surface area contributed by atoms with Crippen molar-refractivity contribution in [3.05, 3.63) is 66.1 Å². The molecule has 6 nitrogen and oxygen atoms in total. The number of hydrogen-bond donors (Lipinski definition) is 0. The van der Waals surface area contributed by atoms with Gasteiger partial charge < -0.3 is 14.2 Å². The predicted octanol–water partition coefficient (Wildman–Crippen LogP) is 2.44. The van der Waals surface area contributed by atoms with Gasteiger partial charge in [-0.3, -0.25) is 4.79 Å². The molecule has 0 radical (unpaired) electrons. The van der Waals surface area contributed by atoms with Crippen molar-refractivity contribution in [3.8, 4) is 11.5 Å². The Morgan fingerprint density at radius 3 is 2.40 bits per heavy atom. The Hall–Kier alpha value is -2.86. The van der Waals surface area contributed by atoms with E-state index >= 15 is 0 Å². The molecular formula is C19H20N4O2. The molecule has 0 N–H and O–H groups in total. The molecule has 1 saturated heterocycles. The Labute approximate surface area is 146 Å². The van der Waals surface area contributed by atoms with Crippen LogP contribution in [0.2, 0.25) is 0 Å². The van der Waals surface area contributed by atoms with Crippen LogP contribution in [-0.4, -0.2) is 51.5 Å². The lowest BCUT2D eigenvalue weighted by molar-refractivity contribution is 0.0302. The van der Waals surface area contributed by atoms with E-state index in [4.69, 9.17) is 4.74 Å². The second kappa shape index (κ2) is 6.57. The molecule has 1 aromatic carbocycles. The standard InChI is InChI=1S/C19H20N4O2/c1-15-17(19(24)22-11-13-25-14-12-22)18(21-9-5-6-10-21)23(20-15)16-7-3-2-4-8-16/h2-10H,11-14H2,1H3. The molecule has 0 aliphatic carbocycles. The van der Waals surface area contributed by atoms with Gasteiger partial charge in [-0.2, -0.15) is 5.10 Å². The molecule has 128 valence electrons. The van der Waals surface area contributed by atoms with Gasteiger partial charge in [-0.15, -0.1) is 0 Å². The molecule has 1 aliphatic heterocycles. The number of amides is 1. The van der Waals surface area contributed by atoms with E-state index in [-0.39, 0.29) is 5.91 Å². The number of hydrogen-bond acceptors (Lipinski definition) is 3. The molecule has 0 bridgehead atoms. The molecule has 6 heteroatoms. The van der Waals surface area contributed by atoms with Crippen LogP contribution in [0.1, 0.15) is 16.1 Å². The summed E-state index contributed by atoms with van der Waals surface area (Å²) >= 11 is 0. The maximum atomic E-state index is 13.2. The zero-order valence-corrected chi connectivity index (χ0v) is 14.1. The van der Waals surface area contributed by atoms with Crippen molar-refractivity contribution in [3.63, 3.8) is 0 Å². The number of rotatable bonds is 3. The van der Waals surface area contributed by atoms with Crippen molar-refractivity contribution < 1.29 is 9.53 Å². The van der Waals surface area contributed by atoms with Crippen molar-refractivity contribution in [2.24, 2.45) is 0 Å². The summed E-state index contributed by atoms with van der Waals surface area (Å²) in [5.41, 5.74) is 2.29. The first-order chi connectivity index (χ1) is 12.3. The van der Waals surface area contributed by atoms with E-state index in [0.29, 0.717) is 31.9 Å². The maximum Gasteiger partial charge on any atom is 0.259 e. The zero-order valence-electron chi connectivity index (χ0n) is 14.1. The number of benzene rings is 1. The molecule has 1 amide bonds. The highest BCUT2D eigenvalue weighted by atomic mass is 16.5. The van der Waals surface area contributed by atoms with Gasteiger partial charge in [0.25, 0.3) is 5.91 Å². The van der Waals surface area contributed by atoms with E-state index in [2.05, 4.69) is 5.10 Å². The Bertz CT molecular complexity index is 862. The lowest BCUT2D eigenvalue weighted by Gasteiger charge is -2.27. The molecule has 3 aromatic rings.